The molecule has 0 aliphatic carbocycles. The van der Waals surface area contributed by atoms with Crippen LogP contribution in [0, 0.1) is 0 Å². The van der Waals surface area contributed by atoms with Gasteiger partial charge in [-0.2, -0.15) is 10.2 Å². The van der Waals surface area contributed by atoms with Crippen LogP contribution in [0.2, 0.25) is 0 Å². The minimum Gasteiger partial charge on any atom is -0.496 e. The fourth-order valence-electron chi connectivity index (χ4n) is 3.86. The molecule has 0 unspecified atom stereocenters. The number of nitrogens with zero attached hydrogens (tertiary/aromatic N) is 2. The standard InChI is InChI=1S/C28H26N4O4/c1-35-25-13-11-19(21-7-3-5-9-23(21)25)17-29-31-27(33)15-16-28(34)32-30-18-20-12-14-26(36-2)24-10-6-4-8-22(20)24/h3-14,17-18H,15-16H2,1-2H3,(H,31,33)(H,32,34)/b29-17+,30-18+. The Morgan fingerprint density at radius 3 is 1.42 bits per heavy atom. The van der Waals surface area contributed by atoms with E-state index in [1.807, 2.05) is 72.8 Å². The van der Waals surface area contributed by atoms with Crippen molar-refractivity contribution in [2.24, 2.45) is 10.2 Å². The molecule has 0 aliphatic heterocycles. The van der Waals surface area contributed by atoms with Crippen molar-refractivity contribution in [2.45, 2.75) is 12.8 Å². The lowest BCUT2D eigenvalue weighted by Gasteiger charge is -2.07. The minimum absolute atomic E-state index is 0.0203. The second-order valence-corrected chi connectivity index (χ2v) is 7.89. The van der Waals surface area contributed by atoms with E-state index in [1.54, 1.807) is 26.6 Å². The molecule has 0 aromatic heterocycles. The molecule has 0 atom stereocenters. The van der Waals surface area contributed by atoms with Crippen LogP contribution in [0.4, 0.5) is 0 Å². The third kappa shape index (κ3) is 5.67. The van der Waals surface area contributed by atoms with Crippen LogP contribution in [-0.4, -0.2) is 38.5 Å². The monoisotopic (exact) mass is 482 g/mol. The number of amides is 2. The maximum atomic E-state index is 12.1. The highest BCUT2D eigenvalue weighted by Crippen LogP contribution is 2.28. The van der Waals surface area contributed by atoms with E-state index in [1.165, 1.54) is 0 Å². The molecule has 0 heterocycles. The molecule has 8 nitrogen and oxygen atoms in total. The van der Waals surface area contributed by atoms with Gasteiger partial charge in [0.05, 0.1) is 26.6 Å². The summed E-state index contributed by atoms with van der Waals surface area (Å²) in [6.07, 6.45) is 3.10. The quantitative estimate of drug-likeness (QED) is 0.273. The average Bonchev–Trinajstić information content (AvgIpc) is 2.92. The molecule has 4 aromatic carbocycles. The molecule has 182 valence electrons. The summed E-state index contributed by atoms with van der Waals surface area (Å²) in [5.41, 5.74) is 6.60. The summed E-state index contributed by atoms with van der Waals surface area (Å²) in [5.74, 6) is 0.787. The summed E-state index contributed by atoms with van der Waals surface area (Å²) in [5, 5.41) is 11.9. The Labute approximate surface area is 208 Å². The number of carbonyl (C=O) groups excluding carboxylic acids is 2. The molecule has 8 heteroatoms. The molecule has 2 amide bonds. The van der Waals surface area contributed by atoms with Gasteiger partial charge in [0, 0.05) is 34.7 Å². The van der Waals surface area contributed by atoms with Crippen LogP contribution in [0.25, 0.3) is 21.5 Å². The van der Waals surface area contributed by atoms with E-state index < -0.39 is 0 Å². The third-order valence-electron chi connectivity index (χ3n) is 5.64. The van der Waals surface area contributed by atoms with Gasteiger partial charge in [0.15, 0.2) is 0 Å². The average molecular weight is 483 g/mol. The zero-order valence-electron chi connectivity index (χ0n) is 20.0. The number of benzene rings is 4. The van der Waals surface area contributed by atoms with Crippen LogP contribution in [-0.2, 0) is 9.59 Å². The fourth-order valence-corrected chi connectivity index (χ4v) is 3.86. The Balaban J connectivity index is 1.29. The summed E-state index contributed by atoms with van der Waals surface area (Å²) >= 11 is 0. The van der Waals surface area contributed by atoms with Crippen molar-refractivity contribution in [1.29, 1.82) is 0 Å². The Bertz CT molecular complexity index is 1350. The predicted octanol–water partition coefficient (Wildman–Crippen LogP) is 4.39. The highest BCUT2D eigenvalue weighted by molar-refractivity contribution is 6.03. The lowest BCUT2D eigenvalue weighted by molar-refractivity contribution is -0.126. The second kappa shape index (κ2) is 11.6. The molecule has 4 rings (SSSR count). The van der Waals surface area contributed by atoms with Gasteiger partial charge in [-0.3, -0.25) is 9.59 Å². The molecule has 0 saturated heterocycles. The zero-order chi connectivity index (χ0) is 25.3. The van der Waals surface area contributed by atoms with Gasteiger partial charge in [-0.25, -0.2) is 10.9 Å². The van der Waals surface area contributed by atoms with Crippen LogP contribution < -0.4 is 20.3 Å². The molecule has 2 N–H and O–H groups in total. The van der Waals surface area contributed by atoms with Crippen LogP contribution >= 0.6 is 0 Å². The number of hydrazone groups is 2. The molecular weight excluding hydrogens is 456 g/mol. The number of carbonyl (C=O) groups is 2. The van der Waals surface area contributed by atoms with Gasteiger partial charge in [0.1, 0.15) is 11.5 Å². The summed E-state index contributed by atoms with van der Waals surface area (Å²) in [7, 11) is 3.25. The molecule has 36 heavy (non-hydrogen) atoms. The SMILES string of the molecule is COc1ccc(/C=N/NC(=O)CCC(=O)N/N=C/c2ccc(OC)c3ccccc23)c2ccccc12. The van der Waals surface area contributed by atoms with Crippen molar-refractivity contribution in [2.75, 3.05) is 14.2 Å². The molecule has 0 saturated carbocycles. The maximum Gasteiger partial charge on any atom is 0.240 e. The van der Waals surface area contributed by atoms with Gasteiger partial charge < -0.3 is 9.47 Å². The Morgan fingerprint density at radius 2 is 1.03 bits per heavy atom. The number of ether oxygens (including phenoxy) is 2. The van der Waals surface area contributed by atoms with Gasteiger partial charge in [-0.05, 0) is 35.0 Å². The molecule has 4 aromatic rings. The maximum absolute atomic E-state index is 12.1. The van der Waals surface area contributed by atoms with Crippen molar-refractivity contribution in [1.82, 2.24) is 10.9 Å². The predicted molar refractivity (Wildman–Crippen MR) is 142 cm³/mol. The number of nitrogens with one attached hydrogen (secondary N) is 2. The third-order valence-corrected chi connectivity index (χ3v) is 5.64. The van der Waals surface area contributed by atoms with Crippen LogP contribution in [0.15, 0.2) is 83.0 Å². The van der Waals surface area contributed by atoms with E-state index in [0.29, 0.717) is 0 Å². The van der Waals surface area contributed by atoms with Crippen molar-refractivity contribution in [3.8, 4) is 11.5 Å². The summed E-state index contributed by atoms with van der Waals surface area (Å²) in [6, 6.07) is 23.0. The highest BCUT2D eigenvalue weighted by Gasteiger charge is 2.08. The Morgan fingerprint density at radius 1 is 0.639 bits per heavy atom. The first kappa shape index (κ1) is 24.4. The summed E-state index contributed by atoms with van der Waals surface area (Å²) in [4.78, 5) is 24.3. The molecule has 0 bridgehead atoms. The molecule has 0 spiro atoms. The van der Waals surface area contributed by atoms with Crippen LogP contribution in [0.1, 0.15) is 24.0 Å². The Kier molecular flexibility index (Phi) is 7.87. The largest absolute Gasteiger partial charge is 0.496 e. The summed E-state index contributed by atoms with van der Waals surface area (Å²) < 4.78 is 10.8. The summed E-state index contributed by atoms with van der Waals surface area (Å²) in [6.45, 7) is 0. The Hall–Kier alpha value is -4.72. The minimum atomic E-state index is -0.371. The van der Waals surface area contributed by atoms with Gasteiger partial charge in [-0.1, -0.05) is 48.5 Å². The smallest absolute Gasteiger partial charge is 0.240 e. The van der Waals surface area contributed by atoms with Crippen molar-refractivity contribution in [3.05, 3.63) is 83.9 Å². The normalized spacial score (nSPS) is 11.3. The van der Waals surface area contributed by atoms with Crippen LogP contribution in [0.5, 0.6) is 11.5 Å². The number of rotatable bonds is 9. The van der Waals surface area contributed by atoms with Gasteiger partial charge in [0.25, 0.3) is 0 Å². The molecule has 0 radical (unpaired) electrons. The van der Waals surface area contributed by atoms with E-state index in [0.717, 1.165) is 44.2 Å². The van der Waals surface area contributed by atoms with Gasteiger partial charge >= 0.3 is 0 Å². The van der Waals surface area contributed by atoms with Gasteiger partial charge in [-0.15, -0.1) is 0 Å². The van der Waals surface area contributed by atoms with E-state index in [4.69, 9.17) is 9.47 Å². The van der Waals surface area contributed by atoms with Crippen LogP contribution in [0.3, 0.4) is 0 Å². The number of methoxy groups -OCH3 is 2. The molecule has 0 fully saturated rings. The van der Waals surface area contributed by atoms with E-state index in [2.05, 4.69) is 21.1 Å². The van der Waals surface area contributed by atoms with E-state index in [9.17, 15) is 9.59 Å². The first-order chi connectivity index (χ1) is 17.6. The first-order valence-corrected chi connectivity index (χ1v) is 11.4. The topological polar surface area (TPSA) is 101 Å². The number of hydrogen-bond acceptors (Lipinski definition) is 6. The molecular formula is C28H26N4O4. The lowest BCUT2D eigenvalue weighted by atomic mass is 10.0. The second-order valence-electron chi connectivity index (χ2n) is 7.89. The lowest BCUT2D eigenvalue weighted by Crippen LogP contribution is -2.22. The number of fused-ring (bicyclic) bond motifs is 2. The fraction of sp³-hybridized carbons (Fsp3) is 0.143. The van der Waals surface area contributed by atoms with Crippen molar-refractivity contribution in [3.63, 3.8) is 0 Å². The number of hydrogen-bond donors (Lipinski definition) is 2. The molecule has 0 aliphatic rings. The first-order valence-electron chi connectivity index (χ1n) is 11.4. The van der Waals surface area contributed by atoms with E-state index in [-0.39, 0.29) is 24.7 Å². The van der Waals surface area contributed by atoms with E-state index >= 15 is 0 Å². The zero-order valence-corrected chi connectivity index (χ0v) is 20.0. The van der Waals surface area contributed by atoms with Gasteiger partial charge in [0.2, 0.25) is 11.8 Å². The highest BCUT2D eigenvalue weighted by atomic mass is 16.5. The van der Waals surface area contributed by atoms with Crippen molar-refractivity contribution >= 4 is 45.8 Å². The van der Waals surface area contributed by atoms with Crippen molar-refractivity contribution < 1.29 is 19.1 Å².